The zero-order chi connectivity index (χ0) is 18.7. The Morgan fingerprint density at radius 2 is 1.96 bits per heavy atom. The molecule has 7 heteroatoms. The number of carbonyl (C=O) groups excluding carboxylic acids is 1. The molecule has 1 aromatic heterocycles. The number of halogens is 1. The van der Waals surface area contributed by atoms with E-state index in [2.05, 4.69) is 10.1 Å². The van der Waals surface area contributed by atoms with Crippen molar-refractivity contribution in [1.29, 1.82) is 0 Å². The molecule has 0 spiro atoms. The number of carbonyl (C=O) groups is 1. The van der Waals surface area contributed by atoms with Crippen LogP contribution in [0.1, 0.15) is 21.8 Å². The second-order valence-electron chi connectivity index (χ2n) is 5.89. The molecule has 3 aromatic rings. The fraction of sp³-hybridized carbons (Fsp3) is 0.211. The molecule has 0 aliphatic rings. The Morgan fingerprint density at radius 3 is 2.62 bits per heavy atom. The number of nitrogens with zero attached hydrogens (tertiary/aromatic N) is 3. The number of hydrogen-bond acceptors (Lipinski definition) is 5. The minimum atomic E-state index is -0.591. The van der Waals surface area contributed by atoms with E-state index in [0.717, 1.165) is 17.2 Å². The maximum Gasteiger partial charge on any atom is 0.254 e. The Hall–Kier alpha value is -3.22. The van der Waals surface area contributed by atoms with E-state index in [1.807, 2.05) is 31.2 Å². The van der Waals surface area contributed by atoms with E-state index < -0.39 is 5.82 Å². The molecule has 0 aliphatic carbocycles. The van der Waals surface area contributed by atoms with Gasteiger partial charge in [-0.1, -0.05) is 35.0 Å². The highest BCUT2D eigenvalue weighted by Crippen LogP contribution is 2.20. The van der Waals surface area contributed by atoms with Crippen molar-refractivity contribution in [2.24, 2.45) is 0 Å². The van der Waals surface area contributed by atoms with Crippen LogP contribution in [0.5, 0.6) is 5.75 Å². The Labute approximate surface area is 150 Å². The molecule has 0 bridgehead atoms. The van der Waals surface area contributed by atoms with Crippen LogP contribution < -0.4 is 4.74 Å². The molecule has 134 valence electrons. The summed E-state index contributed by atoms with van der Waals surface area (Å²) in [7, 11) is 2.95. The molecule has 26 heavy (non-hydrogen) atoms. The maximum absolute atomic E-state index is 13.8. The largest absolute Gasteiger partial charge is 0.494 e. The van der Waals surface area contributed by atoms with Crippen LogP contribution in [-0.2, 0) is 6.54 Å². The monoisotopic (exact) mass is 355 g/mol. The Morgan fingerprint density at radius 1 is 1.23 bits per heavy atom. The predicted octanol–water partition coefficient (Wildman–Crippen LogP) is 3.46. The highest BCUT2D eigenvalue weighted by molar-refractivity contribution is 5.94. The first kappa shape index (κ1) is 17.6. The average Bonchev–Trinajstić information content (AvgIpc) is 3.10. The zero-order valence-corrected chi connectivity index (χ0v) is 14.7. The Kier molecular flexibility index (Phi) is 4.97. The van der Waals surface area contributed by atoms with Gasteiger partial charge in [0.15, 0.2) is 11.6 Å². The molecule has 0 unspecified atom stereocenters. The van der Waals surface area contributed by atoms with Gasteiger partial charge in [-0.05, 0) is 25.1 Å². The summed E-state index contributed by atoms with van der Waals surface area (Å²) in [5.41, 5.74) is 2.18. The highest BCUT2D eigenvalue weighted by Gasteiger charge is 2.17. The number of amides is 1. The normalized spacial score (nSPS) is 10.6. The summed E-state index contributed by atoms with van der Waals surface area (Å²) >= 11 is 0. The zero-order valence-electron chi connectivity index (χ0n) is 14.7. The van der Waals surface area contributed by atoms with Crippen LogP contribution in [0.25, 0.3) is 11.4 Å². The van der Waals surface area contributed by atoms with E-state index in [1.165, 1.54) is 24.1 Å². The molecule has 2 aromatic carbocycles. The van der Waals surface area contributed by atoms with Crippen molar-refractivity contribution in [3.63, 3.8) is 0 Å². The van der Waals surface area contributed by atoms with E-state index in [-0.39, 0.29) is 23.8 Å². The molecule has 1 amide bonds. The van der Waals surface area contributed by atoms with Crippen molar-refractivity contribution in [3.8, 4) is 17.1 Å². The molecule has 3 rings (SSSR count). The van der Waals surface area contributed by atoms with Crippen LogP contribution in [-0.4, -0.2) is 35.1 Å². The fourth-order valence-electron chi connectivity index (χ4n) is 2.43. The molecule has 0 fully saturated rings. The SMILES string of the molecule is COc1ccc(C(=O)N(C)Cc2nc(-c3ccc(C)cc3)no2)cc1F. The fourth-order valence-corrected chi connectivity index (χ4v) is 2.43. The average molecular weight is 355 g/mol. The molecule has 0 saturated heterocycles. The van der Waals surface area contributed by atoms with Gasteiger partial charge in [0, 0.05) is 18.2 Å². The van der Waals surface area contributed by atoms with Crippen molar-refractivity contribution in [2.45, 2.75) is 13.5 Å². The molecular formula is C19H18FN3O3. The summed E-state index contributed by atoms with van der Waals surface area (Å²) in [4.78, 5) is 18.1. The molecule has 0 saturated carbocycles. The molecule has 0 atom stereocenters. The first-order chi connectivity index (χ1) is 12.5. The highest BCUT2D eigenvalue weighted by atomic mass is 19.1. The number of benzene rings is 2. The first-order valence-corrected chi connectivity index (χ1v) is 7.96. The third-order valence-electron chi connectivity index (χ3n) is 3.90. The van der Waals surface area contributed by atoms with E-state index in [4.69, 9.17) is 9.26 Å². The third-order valence-corrected chi connectivity index (χ3v) is 3.90. The first-order valence-electron chi connectivity index (χ1n) is 7.96. The van der Waals surface area contributed by atoms with Gasteiger partial charge in [-0.3, -0.25) is 4.79 Å². The van der Waals surface area contributed by atoms with Gasteiger partial charge in [0.2, 0.25) is 11.7 Å². The van der Waals surface area contributed by atoms with Crippen LogP contribution in [0.4, 0.5) is 4.39 Å². The summed E-state index contributed by atoms with van der Waals surface area (Å²) in [5.74, 6) is -0.113. The number of rotatable bonds is 5. The molecule has 0 N–H and O–H groups in total. The van der Waals surface area contributed by atoms with Crippen molar-refractivity contribution in [2.75, 3.05) is 14.2 Å². The number of aryl methyl sites for hydroxylation is 1. The van der Waals surface area contributed by atoms with Gasteiger partial charge in [0.25, 0.3) is 5.91 Å². The number of ether oxygens (including phenoxy) is 1. The van der Waals surface area contributed by atoms with Gasteiger partial charge in [0.1, 0.15) is 0 Å². The smallest absolute Gasteiger partial charge is 0.254 e. The molecular weight excluding hydrogens is 337 g/mol. The Bertz CT molecular complexity index is 922. The van der Waals surface area contributed by atoms with E-state index in [9.17, 15) is 9.18 Å². The summed E-state index contributed by atoms with van der Waals surface area (Å²) in [6, 6.07) is 11.8. The Balaban J connectivity index is 1.71. The van der Waals surface area contributed by atoms with Crippen LogP contribution in [0.3, 0.4) is 0 Å². The lowest BCUT2D eigenvalue weighted by Gasteiger charge is -2.15. The van der Waals surface area contributed by atoms with Crippen molar-refractivity contribution in [1.82, 2.24) is 15.0 Å². The second-order valence-corrected chi connectivity index (χ2v) is 5.89. The molecule has 0 aliphatic heterocycles. The summed E-state index contributed by atoms with van der Waals surface area (Å²) in [6.45, 7) is 2.11. The van der Waals surface area contributed by atoms with Crippen molar-refractivity contribution < 1.29 is 18.4 Å². The lowest BCUT2D eigenvalue weighted by atomic mass is 10.1. The predicted molar refractivity (Wildman–Crippen MR) is 93.2 cm³/mol. The van der Waals surface area contributed by atoms with E-state index in [0.29, 0.717) is 11.7 Å². The molecule has 1 heterocycles. The van der Waals surface area contributed by atoms with Crippen LogP contribution in [0, 0.1) is 12.7 Å². The van der Waals surface area contributed by atoms with E-state index in [1.54, 1.807) is 7.05 Å². The second kappa shape index (κ2) is 7.35. The summed E-state index contributed by atoms with van der Waals surface area (Å²) in [6.07, 6.45) is 0. The van der Waals surface area contributed by atoms with Gasteiger partial charge < -0.3 is 14.2 Å². The molecule has 0 radical (unpaired) electrons. The van der Waals surface area contributed by atoms with Gasteiger partial charge in [-0.2, -0.15) is 4.98 Å². The number of hydrogen-bond donors (Lipinski definition) is 0. The van der Waals surface area contributed by atoms with Gasteiger partial charge in [-0.25, -0.2) is 4.39 Å². The van der Waals surface area contributed by atoms with Gasteiger partial charge in [-0.15, -0.1) is 0 Å². The lowest BCUT2D eigenvalue weighted by Crippen LogP contribution is -2.26. The number of aromatic nitrogens is 2. The maximum atomic E-state index is 13.8. The minimum absolute atomic E-state index is 0.0869. The van der Waals surface area contributed by atoms with Crippen LogP contribution in [0.15, 0.2) is 47.0 Å². The van der Waals surface area contributed by atoms with Crippen LogP contribution >= 0.6 is 0 Å². The summed E-state index contributed by atoms with van der Waals surface area (Å²) in [5, 5.41) is 3.94. The van der Waals surface area contributed by atoms with Crippen molar-refractivity contribution >= 4 is 5.91 Å². The van der Waals surface area contributed by atoms with Crippen LogP contribution in [0.2, 0.25) is 0 Å². The van der Waals surface area contributed by atoms with Gasteiger partial charge in [0.05, 0.1) is 13.7 Å². The van der Waals surface area contributed by atoms with E-state index >= 15 is 0 Å². The topological polar surface area (TPSA) is 68.5 Å². The quantitative estimate of drug-likeness (QED) is 0.701. The standard InChI is InChI=1S/C19H18FN3O3/c1-12-4-6-13(7-5-12)18-21-17(26-22-18)11-23(2)19(24)14-8-9-16(25-3)15(20)10-14/h4-10H,11H2,1-3H3. The minimum Gasteiger partial charge on any atom is -0.494 e. The number of methoxy groups -OCH3 is 1. The van der Waals surface area contributed by atoms with Crippen molar-refractivity contribution in [3.05, 3.63) is 65.3 Å². The lowest BCUT2D eigenvalue weighted by molar-refractivity contribution is 0.0769. The third kappa shape index (κ3) is 3.72. The summed E-state index contributed by atoms with van der Waals surface area (Å²) < 4.78 is 23.9. The van der Waals surface area contributed by atoms with Gasteiger partial charge >= 0.3 is 0 Å². The molecule has 6 nitrogen and oxygen atoms in total.